The molecule has 2 atom stereocenters. The van der Waals surface area contributed by atoms with E-state index in [-0.39, 0.29) is 5.06 Å². The number of nitrogens with one attached hydrogen (secondary N) is 2. The monoisotopic (exact) mass is 152 g/mol. The number of fused-ring (bicyclic) bond motifs is 1. The number of rotatable bonds is 0. The maximum Gasteiger partial charge on any atom is 0.275 e. The molecule has 1 aliphatic heterocycles. The van der Waals surface area contributed by atoms with E-state index in [0.717, 1.165) is 0 Å². The van der Waals surface area contributed by atoms with Crippen LogP contribution in [0.25, 0.3) is 0 Å². The minimum absolute atomic E-state index is 0.249. The maximum atomic E-state index is 11.1. The van der Waals surface area contributed by atoms with E-state index >= 15 is 0 Å². The number of aliphatic hydroxyl groups is 1. The van der Waals surface area contributed by atoms with E-state index in [1.165, 1.54) is 0 Å². The minimum atomic E-state index is -1.05. The summed E-state index contributed by atoms with van der Waals surface area (Å²) in [7, 11) is 0. The predicted octanol–water partition coefficient (Wildman–Crippen LogP) is -0.598. The molecule has 0 aliphatic carbocycles. The fraction of sp³-hybridized carbons (Fsp3) is 0.143. The van der Waals surface area contributed by atoms with Crippen LogP contribution in [0.5, 0.6) is 0 Å². The minimum Gasteiger partial charge on any atom is -0.625 e. The van der Waals surface area contributed by atoms with Gasteiger partial charge in [0.1, 0.15) is 5.69 Å². The summed E-state index contributed by atoms with van der Waals surface area (Å²) in [6, 6.07) is 7.05. The molecule has 0 aromatic heterocycles. The van der Waals surface area contributed by atoms with E-state index in [1.54, 1.807) is 18.2 Å². The van der Waals surface area contributed by atoms with Crippen molar-refractivity contribution in [2.24, 2.45) is 0 Å². The maximum absolute atomic E-state index is 11.1. The van der Waals surface area contributed by atoms with E-state index < -0.39 is 6.35 Å². The molecule has 0 saturated carbocycles. The van der Waals surface area contributed by atoms with Gasteiger partial charge in [0.25, 0.3) is 6.35 Å². The van der Waals surface area contributed by atoms with Crippen LogP contribution in [-0.4, -0.2) is 11.5 Å². The third-order valence-corrected chi connectivity index (χ3v) is 1.73. The normalized spacial score (nSPS) is 27.8. The standard InChI is InChI=1S/C7H8N2O2/c10-7-8-5-3-1-2-4-6(5)9(7)11/h1-4,7-10H. The lowest BCUT2D eigenvalue weighted by molar-refractivity contribution is -0.823. The molecule has 58 valence electrons. The molecule has 11 heavy (non-hydrogen) atoms. The van der Waals surface area contributed by atoms with E-state index in [4.69, 9.17) is 5.11 Å². The van der Waals surface area contributed by atoms with Crippen LogP contribution in [0.2, 0.25) is 0 Å². The summed E-state index contributed by atoms with van der Waals surface area (Å²) in [5.41, 5.74) is 1.28. The number of quaternary nitrogens is 1. The Morgan fingerprint density at radius 2 is 2.18 bits per heavy atom. The second kappa shape index (κ2) is 2.20. The van der Waals surface area contributed by atoms with Gasteiger partial charge in [-0.3, -0.25) is 5.06 Å². The first-order chi connectivity index (χ1) is 5.29. The molecule has 4 nitrogen and oxygen atoms in total. The van der Waals surface area contributed by atoms with Gasteiger partial charge in [-0.2, -0.15) is 0 Å². The Balaban J connectivity index is 2.47. The van der Waals surface area contributed by atoms with Crippen LogP contribution in [0.4, 0.5) is 11.4 Å². The number of para-hydroxylation sites is 2. The van der Waals surface area contributed by atoms with Gasteiger partial charge in [-0.05, 0) is 6.07 Å². The summed E-state index contributed by atoms with van der Waals surface area (Å²) in [4.78, 5) is 0. The predicted molar refractivity (Wildman–Crippen MR) is 40.1 cm³/mol. The zero-order chi connectivity index (χ0) is 7.84. The number of benzene rings is 1. The number of hydroxylamine groups is 1. The molecule has 0 bridgehead atoms. The summed E-state index contributed by atoms with van der Waals surface area (Å²) < 4.78 is 0. The Morgan fingerprint density at radius 3 is 2.91 bits per heavy atom. The molecule has 0 radical (unpaired) electrons. The van der Waals surface area contributed by atoms with Crippen molar-refractivity contribution in [1.29, 1.82) is 0 Å². The Kier molecular flexibility index (Phi) is 1.32. The van der Waals surface area contributed by atoms with Crippen molar-refractivity contribution in [2.45, 2.75) is 6.35 Å². The molecule has 0 spiro atoms. The Hall–Kier alpha value is -1.10. The smallest absolute Gasteiger partial charge is 0.275 e. The van der Waals surface area contributed by atoms with Gasteiger partial charge in [0, 0.05) is 6.07 Å². The van der Waals surface area contributed by atoms with E-state index in [9.17, 15) is 5.21 Å². The van der Waals surface area contributed by atoms with Crippen LogP contribution in [0.1, 0.15) is 0 Å². The van der Waals surface area contributed by atoms with Gasteiger partial charge in [-0.15, -0.1) is 0 Å². The summed E-state index contributed by atoms with van der Waals surface area (Å²) in [5.74, 6) is 0. The highest BCUT2D eigenvalue weighted by atomic mass is 16.5. The topological polar surface area (TPSA) is 59.8 Å². The fourth-order valence-corrected chi connectivity index (χ4v) is 1.18. The molecule has 0 saturated heterocycles. The molecule has 4 heteroatoms. The Bertz CT molecular complexity index is 277. The van der Waals surface area contributed by atoms with E-state index in [2.05, 4.69) is 5.32 Å². The van der Waals surface area contributed by atoms with E-state index in [1.807, 2.05) is 6.07 Å². The summed E-state index contributed by atoms with van der Waals surface area (Å²) >= 11 is 0. The van der Waals surface area contributed by atoms with Crippen molar-refractivity contribution in [3.8, 4) is 0 Å². The Morgan fingerprint density at radius 1 is 1.45 bits per heavy atom. The highest BCUT2D eigenvalue weighted by Crippen LogP contribution is 2.20. The van der Waals surface area contributed by atoms with E-state index in [0.29, 0.717) is 11.4 Å². The first-order valence-corrected chi connectivity index (χ1v) is 3.37. The number of aliphatic hydroxyl groups excluding tert-OH is 1. The third-order valence-electron chi connectivity index (χ3n) is 1.73. The van der Waals surface area contributed by atoms with Crippen molar-refractivity contribution >= 4 is 11.4 Å². The van der Waals surface area contributed by atoms with Gasteiger partial charge in [0.05, 0.1) is 0 Å². The van der Waals surface area contributed by atoms with Gasteiger partial charge in [-0.1, -0.05) is 12.1 Å². The highest BCUT2D eigenvalue weighted by Gasteiger charge is 2.25. The molecular formula is C7H8N2O2. The lowest BCUT2D eigenvalue weighted by Gasteiger charge is -2.18. The van der Waals surface area contributed by atoms with Gasteiger partial charge in [0.15, 0.2) is 5.69 Å². The quantitative estimate of drug-likeness (QED) is 0.435. The van der Waals surface area contributed by atoms with Crippen LogP contribution in [-0.2, 0) is 0 Å². The van der Waals surface area contributed by atoms with Crippen molar-refractivity contribution in [3.63, 3.8) is 0 Å². The molecule has 2 unspecified atom stereocenters. The Labute approximate surface area is 63.6 Å². The van der Waals surface area contributed by atoms with Crippen LogP contribution < -0.4 is 10.4 Å². The molecule has 0 amide bonds. The van der Waals surface area contributed by atoms with Crippen LogP contribution in [0, 0.1) is 5.21 Å². The molecular weight excluding hydrogens is 144 g/mol. The van der Waals surface area contributed by atoms with Crippen molar-refractivity contribution in [1.82, 2.24) is 0 Å². The molecule has 1 aliphatic rings. The fourth-order valence-electron chi connectivity index (χ4n) is 1.18. The lowest BCUT2D eigenvalue weighted by atomic mass is 10.3. The lowest BCUT2D eigenvalue weighted by Crippen LogP contribution is -3.06. The van der Waals surface area contributed by atoms with Gasteiger partial charge in [-0.25, -0.2) is 0 Å². The summed E-state index contributed by atoms with van der Waals surface area (Å²) in [6.07, 6.45) is -1.05. The molecule has 1 aromatic rings. The molecule has 2 rings (SSSR count). The molecule has 1 heterocycles. The third kappa shape index (κ3) is 0.883. The van der Waals surface area contributed by atoms with Crippen molar-refractivity contribution in [2.75, 3.05) is 5.32 Å². The highest BCUT2D eigenvalue weighted by molar-refractivity contribution is 5.63. The number of anilines is 1. The molecule has 3 N–H and O–H groups in total. The zero-order valence-corrected chi connectivity index (χ0v) is 5.74. The van der Waals surface area contributed by atoms with Crippen LogP contribution in [0.3, 0.4) is 0 Å². The average molecular weight is 152 g/mol. The average Bonchev–Trinajstić information content (AvgIpc) is 2.30. The summed E-state index contributed by atoms with van der Waals surface area (Å²) in [5, 5.41) is 22.5. The van der Waals surface area contributed by atoms with Gasteiger partial charge < -0.3 is 15.6 Å². The van der Waals surface area contributed by atoms with Crippen LogP contribution in [0.15, 0.2) is 24.3 Å². The molecule has 1 aromatic carbocycles. The second-order valence-corrected chi connectivity index (χ2v) is 2.46. The summed E-state index contributed by atoms with van der Waals surface area (Å²) in [6.45, 7) is 0. The van der Waals surface area contributed by atoms with Crippen molar-refractivity contribution in [3.05, 3.63) is 29.5 Å². The largest absolute Gasteiger partial charge is 0.625 e. The van der Waals surface area contributed by atoms with Gasteiger partial charge in [0.2, 0.25) is 0 Å². The SMILES string of the molecule is [O-][NH+]1c2ccccc2NC1O. The van der Waals surface area contributed by atoms with Crippen molar-refractivity contribution < 1.29 is 10.2 Å². The first kappa shape index (κ1) is 6.60. The van der Waals surface area contributed by atoms with Crippen LogP contribution >= 0.6 is 0 Å². The zero-order valence-electron chi connectivity index (χ0n) is 5.74. The first-order valence-electron chi connectivity index (χ1n) is 3.37. The number of hydrogen-bond donors (Lipinski definition) is 3. The number of hydrogen-bond acceptors (Lipinski definition) is 3. The second-order valence-electron chi connectivity index (χ2n) is 2.46. The molecule has 0 fully saturated rings. The van der Waals surface area contributed by atoms with Gasteiger partial charge >= 0.3 is 0 Å².